The summed E-state index contributed by atoms with van der Waals surface area (Å²) >= 11 is 0. The maximum Gasteiger partial charge on any atom is 0.415 e. The first-order valence-corrected chi connectivity index (χ1v) is 6.13. The normalized spacial score (nSPS) is 22.2. The molecule has 5 nitrogen and oxygen atoms in total. The number of para-hydroxylation sites is 2. The highest BCUT2D eigenvalue weighted by Crippen LogP contribution is 2.36. The number of nitrogens with two attached hydrogens (primary N) is 1. The van der Waals surface area contributed by atoms with Gasteiger partial charge in [0.2, 0.25) is 0 Å². The molecule has 96 valence electrons. The first-order valence-electron chi connectivity index (χ1n) is 6.13. The van der Waals surface area contributed by atoms with Crippen molar-refractivity contribution in [2.24, 2.45) is 0 Å². The van der Waals surface area contributed by atoms with Crippen LogP contribution in [0.25, 0.3) is 0 Å². The van der Waals surface area contributed by atoms with Gasteiger partial charge in [0.25, 0.3) is 0 Å². The predicted molar refractivity (Wildman–Crippen MR) is 67.5 cm³/mol. The van der Waals surface area contributed by atoms with E-state index >= 15 is 0 Å². The number of nitrogen functional groups attached to an aromatic ring is 1. The van der Waals surface area contributed by atoms with Gasteiger partial charge < -0.3 is 15.2 Å². The molecule has 0 bridgehead atoms. The highest BCUT2D eigenvalue weighted by atomic mass is 16.6. The lowest BCUT2D eigenvalue weighted by molar-refractivity contribution is -0.0431. The zero-order valence-corrected chi connectivity index (χ0v) is 10.1. The number of carbonyl (C=O) groups excluding carboxylic acids is 1. The number of carbonyl (C=O) groups is 1. The molecule has 2 aliphatic heterocycles. The fourth-order valence-corrected chi connectivity index (χ4v) is 2.55. The minimum absolute atomic E-state index is 0.310. The molecular formula is C13H16N2O3. The molecule has 2 fully saturated rings. The summed E-state index contributed by atoms with van der Waals surface area (Å²) in [6, 6.07) is 7.35. The summed E-state index contributed by atoms with van der Waals surface area (Å²) < 4.78 is 10.9. The zero-order chi connectivity index (χ0) is 12.6. The third kappa shape index (κ3) is 1.80. The highest BCUT2D eigenvalue weighted by molar-refractivity contribution is 5.93. The van der Waals surface area contributed by atoms with Gasteiger partial charge in [0, 0.05) is 12.8 Å². The first-order chi connectivity index (χ1) is 8.70. The van der Waals surface area contributed by atoms with Crippen LogP contribution in [-0.2, 0) is 9.47 Å². The number of hydrogen-bond acceptors (Lipinski definition) is 4. The van der Waals surface area contributed by atoms with Crippen LogP contribution in [0, 0.1) is 0 Å². The van der Waals surface area contributed by atoms with E-state index in [4.69, 9.17) is 15.2 Å². The van der Waals surface area contributed by atoms with Crippen LogP contribution in [0.3, 0.4) is 0 Å². The van der Waals surface area contributed by atoms with Crippen molar-refractivity contribution in [3.05, 3.63) is 24.3 Å². The van der Waals surface area contributed by atoms with E-state index in [2.05, 4.69) is 0 Å². The molecule has 2 aliphatic rings. The molecule has 0 radical (unpaired) electrons. The van der Waals surface area contributed by atoms with Gasteiger partial charge in [-0.25, -0.2) is 4.79 Å². The van der Waals surface area contributed by atoms with Crippen molar-refractivity contribution < 1.29 is 14.3 Å². The molecule has 0 saturated carbocycles. The molecule has 2 saturated heterocycles. The summed E-state index contributed by atoms with van der Waals surface area (Å²) in [7, 11) is 0. The Morgan fingerprint density at radius 3 is 2.67 bits per heavy atom. The van der Waals surface area contributed by atoms with E-state index in [1.807, 2.05) is 18.2 Å². The molecule has 1 spiro atoms. The largest absolute Gasteiger partial charge is 0.440 e. The fourth-order valence-electron chi connectivity index (χ4n) is 2.55. The van der Waals surface area contributed by atoms with Crippen LogP contribution < -0.4 is 10.6 Å². The van der Waals surface area contributed by atoms with E-state index in [1.54, 1.807) is 11.0 Å². The van der Waals surface area contributed by atoms with E-state index in [0.29, 0.717) is 25.4 Å². The van der Waals surface area contributed by atoms with Crippen molar-refractivity contribution in [3.8, 4) is 0 Å². The number of hydrogen-bond donors (Lipinski definition) is 1. The number of benzene rings is 1. The molecule has 1 amide bonds. The van der Waals surface area contributed by atoms with Crippen LogP contribution >= 0.6 is 0 Å². The molecule has 2 heterocycles. The van der Waals surface area contributed by atoms with Crippen molar-refractivity contribution >= 4 is 17.5 Å². The van der Waals surface area contributed by atoms with Gasteiger partial charge in [-0.3, -0.25) is 4.90 Å². The number of amides is 1. The lowest BCUT2D eigenvalue weighted by Gasteiger charge is -2.30. The molecule has 18 heavy (non-hydrogen) atoms. The number of ether oxygens (including phenoxy) is 2. The Balaban J connectivity index is 1.87. The molecule has 0 unspecified atom stereocenters. The van der Waals surface area contributed by atoms with Crippen LogP contribution in [0.5, 0.6) is 0 Å². The Bertz CT molecular complexity index is 469. The van der Waals surface area contributed by atoms with Gasteiger partial charge in [-0.05, 0) is 12.1 Å². The smallest absolute Gasteiger partial charge is 0.415 e. The Labute approximate surface area is 105 Å². The summed E-state index contributed by atoms with van der Waals surface area (Å²) in [5.41, 5.74) is 6.84. The molecule has 5 heteroatoms. The second-order valence-corrected chi connectivity index (χ2v) is 4.81. The summed E-state index contributed by atoms with van der Waals surface area (Å²) in [4.78, 5) is 13.6. The molecule has 0 aliphatic carbocycles. The summed E-state index contributed by atoms with van der Waals surface area (Å²) in [5, 5.41) is 0. The monoisotopic (exact) mass is 248 g/mol. The average molecular weight is 248 g/mol. The van der Waals surface area contributed by atoms with E-state index < -0.39 is 5.60 Å². The molecule has 1 aromatic carbocycles. The maximum absolute atomic E-state index is 12.0. The van der Waals surface area contributed by atoms with E-state index in [-0.39, 0.29) is 6.09 Å². The Morgan fingerprint density at radius 1 is 1.22 bits per heavy atom. The number of nitrogens with zero attached hydrogens (tertiary/aromatic N) is 1. The molecule has 0 atom stereocenters. The van der Waals surface area contributed by atoms with Crippen molar-refractivity contribution in [1.29, 1.82) is 0 Å². The molecule has 2 N–H and O–H groups in total. The quantitative estimate of drug-likeness (QED) is 0.769. The minimum Gasteiger partial charge on any atom is -0.440 e. The SMILES string of the molecule is Nc1ccccc1N1CC2(CCOCC2)OC1=O. The highest BCUT2D eigenvalue weighted by Gasteiger charge is 2.46. The fraction of sp³-hybridized carbons (Fsp3) is 0.462. The van der Waals surface area contributed by atoms with Crippen LogP contribution in [0.4, 0.5) is 16.2 Å². The van der Waals surface area contributed by atoms with Crippen LogP contribution in [0.15, 0.2) is 24.3 Å². The lowest BCUT2D eigenvalue weighted by atomic mass is 9.94. The number of anilines is 2. The lowest BCUT2D eigenvalue weighted by Crippen LogP contribution is -2.40. The van der Waals surface area contributed by atoms with Crippen LogP contribution in [-0.4, -0.2) is 31.5 Å². The Morgan fingerprint density at radius 2 is 1.94 bits per heavy atom. The Kier molecular flexibility index (Phi) is 2.63. The second kappa shape index (κ2) is 4.17. The minimum atomic E-state index is -0.391. The summed E-state index contributed by atoms with van der Waals surface area (Å²) in [5.74, 6) is 0. The third-order valence-corrected chi connectivity index (χ3v) is 3.60. The van der Waals surface area contributed by atoms with Gasteiger partial charge >= 0.3 is 6.09 Å². The maximum atomic E-state index is 12.0. The van der Waals surface area contributed by atoms with Gasteiger partial charge in [0.05, 0.1) is 31.1 Å². The zero-order valence-electron chi connectivity index (χ0n) is 10.1. The van der Waals surface area contributed by atoms with Crippen molar-refractivity contribution in [3.63, 3.8) is 0 Å². The summed E-state index contributed by atoms with van der Waals surface area (Å²) in [6.45, 7) is 1.85. The van der Waals surface area contributed by atoms with Crippen molar-refractivity contribution in [2.45, 2.75) is 18.4 Å². The third-order valence-electron chi connectivity index (χ3n) is 3.60. The molecule has 1 aromatic rings. The van der Waals surface area contributed by atoms with Crippen LogP contribution in [0.1, 0.15) is 12.8 Å². The molecule has 0 aromatic heterocycles. The number of rotatable bonds is 1. The van der Waals surface area contributed by atoms with Crippen molar-refractivity contribution in [1.82, 2.24) is 0 Å². The van der Waals surface area contributed by atoms with Gasteiger partial charge in [0.15, 0.2) is 0 Å². The predicted octanol–water partition coefficient (Wildman–Crippen LogP) is 1.77. The van der Waals surface area contributed by atoms with Gasteiger partial charge in [-0.1, -0.05) is 12.1 Å². The molecular weight excluding hydrogens is 232 g/mol. The van der Waals surface area contributed by atoms with Gasteiger partial charge in [0.1, 0.15) is 5.60 Å². The standard InChI is InChI=1S/C13H16N2O3/c14-10-3-1-2-4-11(10)15-9-13(18-12(15)16)5-7-17-8-6-13/h1-4H,5-9,14H2. The second-order valence-electron chi connectivity index (χ2n) is 4.81. The van der Waals surface area contributed by atoms with E-state index in [9.17, 15) is 4.79 Å². The average Bonchev–Trinajstić information content (AvgIpc) is 2.67. The van der Waals surface area contributed by atoms with E-state index in [0.717, 1.165) is 18.5 Å². The first kappa shape index (κ1) is 11.3. The summed E-state index contributed by atoms with van der Waals surface area (Å²) in [6.07, 6.45) is 1.19. The van der Waals surface area contributed by atoms with Gasteiger partial charge in [-0.15, -0.1) is 0 Å². The Hall–Kier alpha value is -1.75. The van der Waals surface area contributed by atoms with Crippen molar-refractivity contribution in [2.75, 3.05) is 30.4 Å². The topological polar surface area (TPSA) is 64.8 Å². The molecule has 3 rings (SSSR count). The van der Waals surface area contributed by atoms with Gasteiger partial charge in [-0.2, -0.15) is 0 Å². The van der Waals surface area contributed by atoms with E-state index in [1.165, 1.54) is 0 Å². The van der Waals surface area contributed by atoms with Crippen LogP contribution in [0.2, 0.25) is 0 Å².